The molecule has 0 aromatic heterocycles. The van der Waals surface area contributed by atoms with Crippen molar-refractivity contribution in [2.45, 2.75) is 0 Å². The first-order valence-electron chi connectivity index (χ1n) is 2.45. The summed E-state index contributed by atoms with van der Waals surface area (Å²) < 4.78 is 1.02. The molecule has 48 valence electrons. The summed E-state index contributed by atoms with van der Waals surface area (Å²) in [7, 11) is 0. The summed E-state index contributed by atoms with van der Waals surface area (Å²) in [6.45, 7) is 0. The molecule has 0 saturated carbocycles. The SMILES string of the molecule is NOc1ccc(Br)cc1. The van der Waals surface area contributed by atoms with E-state index in [4.69, 9.17) is 5.90 Å². The first-order chi connectivity index (χ1) is 4.33. The van der Waals surface area contributed by atoms with Gasteiger partial charge in [-0.2, -0.15) is 5.90 Å². The van der Waals surface area contributed by atoms with Gasteiger partial charge in [-0.1, -0.05) is 15.9 Å². The Morgan fingerprint density at radius 2 is 1.78 bits per heavy atom. The van der Waals surface area contributed by atoms with E-state index in [1.165, 1.54) is 0 Å². The zero-order valence-electron chi connectivity index (χ0n) is 4.67. The molecule has 0 saturated heterocycles. The minimum Gasteiger partial charge on any atom is -0.412 e. The minimum atomic E-state index is 0.665. The largest absolute Gasteiger partial charge is 0.412 e. The Labute approximate surface area is 61.7 Å². The van der Waals surface area contributed by atoms with E-state index in [1.807, 2.05) is 12.1 Å². The zero-order chi connectivity index (χ0) is 6.69. The summed E-state index contributed by atoms with van der Waals surface area (Å²) in [5.74, 6) is 5.55. The van der Waals surface area contributed by atoms with Crippen LogP contribution in [0, 0.1) is 0 Å². The highest BCUT2D eigenvalue weighted by molar-refractivity contribution is 9.10. The normalized spacial score (nSPS) is 9.11. The maximum atomic E-state index is 4.88. The molecule has 0 radical (unpaired) electrons. The van der Waals surface area contributed by atoms with Gasteiger partial charge in [0.15, 0.2) is 0 Å². The van der Waals surface area contributed by atoms with Crippen LogP contribution in [0.5, 0.6) is 5.75 Å². The van der Waals surface area contributed by atoms with Crippen molar-refractivity contribution >= 4 is 15.9 Å². The molecule has 0 bridgehead atoms. The molecule has 1 rings (SSSR count). The van der Waals surface area contributed by atoms with Crippen molar-refractivity contribution in [2.75, 3.05) is 0 Å². The number of nitrogens with two attached hydrogens (primary N) is 1. The second-order valence-electron chi connectivity index (χ2n) is 1.57. The van der Waals surface area contributed by atoms with Crippen LogP contribution in [0.25, 0.3) is 0 Å². The van der Waals surface area contributed by atoms with Gasteiger partial charge in [0.25, 0.3) is 0 Å². The molecule has 2 nitrogen and oxygen atoms in total. The standard InChI is InChI=1S/C6H6BrNO/c7-5-1-3-6(9-8)4-2-5/h1-4H,8H2. The van der Waals surface area contributed by atoms with Crippen molar-refractivity contribution in [1.82, 2.24) is 0 Å². The molecular weight excluding hydrogens is 182 g/mol. The highest BCUT2D eigenvalue weighted by Gasteiger charge is 1.87. The summed E-state index contributed by atoms with van der Waals surface area (Å²) in [6, 6.07) is 7.29. The van der Waals surface area contributed by atoms with Crippen LogP contribution >= 0.6 is 15.9 Å². The fourth-order valence-corrected chi connectivity index (χ4v) is 0.777. The second-order valence-corrected chi connectivity index (χ2v) is 2.49. The molecule has 0 fully saturated rings. The van der Waals surface area contributed by atoms with E-state index < -0.39 is 0 Å². The Balaban J connectivity index is 2.88. The molecule has 1 aromatic carbocycles. The van der Waals surface area contributed by atoms with Crippen molar-refractivity contribution in [2.24, 2.45) is 5.90 Å². The summed E-state index contributed by atoms with van der Waals surface area (Å²) in [4.78, 5) is 4.45. The Morgan fingerprint density at radius 1 is 1.22 bits per heavy atom. The molecule has 0 aliphatic rings. The van der Waals surface area contributed by atoms with Gasteiger partial charge in [0.2, 0.25) is 0 Å². The summed E-state index contributed by atoms with van der Waals surface area (Å²) in [5.41, 5.74) is 0. The van der Waals surface area contributed by atoms with E-state index in [-0.39, 0.29) is 0 Å². The van der Waals surface area contributed by atoms with Gasteiger partial charge in [0.1, 0.15) is 5.75 Å². The van der Waals surface area contributed by atoms with Crippen molar-refractivity contribution < 1.29 is 4.84 Å². The van der Waals surface area contributed by atoms with E-state index in [2.05, 4.69) is 20.8 Å². The van der Waals surface area contributed by atoms with Gasteiger partial charge in [-0.15, -0.1) is 0 Å². The number of halogens is 1. The molecule has 0 spiro atoms. The van der Waals surface area contributed by atoms with Gasteiger partial charge < -0.3 is 4.84 Å². The van der Waals surface area contributed by atoms with Gasteiger partial charge in [0.05, 0.1) is 0 Å². The average Bonchev–Trinajstić information content (AvgIpc) is 1.90. The minimum absolute atomic E-state index is 0.665. The van der Waals surface area contributed by atoms with Gasteiger partial charge >= 0.3 is 0 Å². The Hall–Kier alpha value is -0.540. The number of benzene rings is 1. The lowest BCUT2D eigenvalue weighted by Crippen LogP contribution is -2.00. The fraction of sp³-hybridized carbons (Fsp3) is 0. The quantitative estimate of drug-likeness (QED) is 0.680. The van der Waals surface area contributed by atoms with Crippen LogP contribution in [0.15, 0.2) is 28.7 Å². The molecular formula is C6H6BrNO. The lowest BCUT2D eigenvalue weighted by atomic mass is 10.3. The highest BCUT2D eigenvalue weighted by atomic mass is 79.9. The molecule has 0 amide bonds. The fourth-order valence-electron chi connectivity index (χ4n) is 0.513. The number of rotatable bonds is 1. The maximum Gasteiger partial charge on any atom is 0.146 e. The molecule has 2 N–H and O–H groups in total. The maximum absolute atomic E-state index is 4.88. The molecule has 1 aromatic rings. The number of hydrogen-bond acceptors (Lipinski definition) is 2. The molecule has 0 unspecified atom stereocenters. The van der Waals surface area contributed by atoms with E-state index in [0.29, 0.717) is 5.75 Å². The lowest BCUT2D eigenvalue weighted by Gasteiger charge is -1.95. The molecule has 0 atom stereocenters. The summed E-state index contributed by atoms with van der Waals surface area (Å²) in [6.07, 6.45) is 0. The second kappa shape index (κ2) is 2.85. The van der Waals surface area contributed by atoms with Crippen molar-refractivity contribution in [1.29, 1.82) is 0 Å². The van der Waals surface area contributed by atoms with Crippen LogP contribution in [0.2, 0.25) is 0 Å². The monoisotopic (exact) mass is 187 g/mol. The van der Waals surface area contributed by atoms with Gasteiger partial charge in [-0.3, -0.25) is 0 Å². The topological polar surface area (TPSA) is 35.2 Å². The first kappa shape index (κ1) is 6.58. The third-order valence-electron chi connectivity index (χ3n) is 0.950. The van der Waals surface area contributed by atoms with Crippen LogP contribution < -0.4 is 10.7 Å². The molecule has 9 heavy (non-hydrogen) atoms. The Kier molecular flexibility index (Phi) is 2.08. The van der Waals surface area contributed by atoms with Gasteiger partial charge in [-0.25, -0.2) is 0 Å². The lowest BCUT2D eigenvalue weighted by molar-refractivity contribution is 0.334. The van der Waals surface area contributed by atoms with E-state index in [0.717, 1.165) is 4.47 Å². The summed E-state index contributed by atoms with van der Waals surface area (Å²) in [5, 5.41) is 0. The van der Waals surface area contributed by atoms with E-state index in [9.17, 15) is 0 Å². The molecule has 0 aliphatic carbocycles. The number of hydrogen-bond donors (Lipinski definition) is 1. The zero-order valence-corrected chi connectivity index (χ0v) is 6.26. The van der Waals surface area contributed by atoms with Crippen LogP contribution in [0.3, 0.4) is 0 Å². The molecule has 0 heterocycles. The Morgan fingerprint density at radius 3 is 2.22 bits per heavy atom. The third-order valence-corrected chi connectivity index (χ3v) is 1.48. The molecule has 3 heteroatoms. The van der Waals surface area contributed by atoms with Crippen molar-refractivity contribution in [3.05, 3.63) is 28.7 Å². The molecule has 0 aliphatic heterocycles. The highest BCUT2D eigenvalue weighted by Crippen LogP contribution is 2.14. The predicted octanol–water partition coefficient (Wildman–Crippen LogP) is 1.70. The van der Waals surface area contributed by atoms with Crippen LogP contribution in [0.1, 0.15) is 0 Å². The van der Waals surface area contributed by atoms with Crippen LogP contribution in [-0.4, -0.2) is 0 Å². The van der Waals surface area contributed by atoms with Gasteiger partial charge in [-0.05, 0) is 24.3 Å². The van der Waals surface area contributed by atoms with Crippen molar-refractivity contribution in [3.8, 4) is 5.75 Å². The predicted molar refractivity (Wildman–Crippen MR) is 39.0 cm³/mol. The van der Waals surface area contributed by atoms with E-state index >= 15 is 0 Å². The van der Waals surface area contributed by atoms with Gasteiger partial charge in [0, 0.05) is 4.47 Å². The summed E-state index contributed by atoms with van der Waals surface area (Å²) >= 11 is 3.28. The van der Waals surface area contributed by atoms with Crippen LogP contribution in [-0.2, 0) is 0 Å². The van der Waals surface area contributed by atoms with Crippen molar-refractivity contribution in [3.63, 3.8) is 0 Å². The smallest absolute Gasteiger partial charge is 0.146 e. The Bertz CT molecular complexity index is 185. The average molecular weight is 188 g/mol. The first-order valence-corrected chi connectivity index (χ1v) is 3.24. The van der Waals surface area contributed by atoms with E-state index in [1.54, 1.807) is 12.1 Å². The van der Waals surface area contributed by atoms with Crippen LogP contribution in [0.4, 0.5) is 0 Å². The third kappa shape index (κ3) is 1.69.